The number of hydrogen-bond donors (Lipinski definition) is 0. The summed E-state index contributed by atoms with van der Waals surface area (Å²) in [6, 6.07) is 16.1. The topological polar surface area (TPSA) is 69.9 Å². The number of ether oxygens (including phenoxy) is 2. The van der Waals surface area contributed by atoms with E-state index in [4.69, 9.17) is 21.1 Å². The summed E-state index contributed by atoms with van der Waals surface area (Å²) in [5, 5.41) is 0.542. The largest absolute Gasteiger partial charge is 0.487 e. The Hall–Kier alpha value is -3.05. The third kappa shape index (κ3) is 6.25. The number of esters is 1. The summed E-state index contributed by atoms with van der Waals surface area (Å²) in [4.78, 5) is 31.9. The Morgan fingerprint density at radius 3 is 2.41 bits per heavy atom. The Balaban J connectivity index is 1.54. The maximum Gasteiger partial charge on any atom is 0.338 e. The number of halogens is 4. The number of fused-ring (bicyclic) bond motifs is 1. The third-order valence-electron chi connectivity index (χ3n) is 6.32. The highest BCUT2D eigenvalue weighted by molar-refractivity contribution is 9.11. The fourth-order valence-corrected chi connectivity index (χ4v) is 7.06. The van der Waals surface area contributed by atoms with Crippen molar-refractivity contribution < 1.29 is 18.7 Å². The van der Waals surface area contributed by atoms with Crippen LogP contribution in [0.3, 0.4) is 0 Å². The highest BCUT2D eigenvalue weighted by Crippen LogP contribution is 2.36. The van der Waals surface area contributed by atoms with E-state index in [9.17, 15) is 14.0 Å². The van der Waals surface area contributed by atoms with Crippen LogP contribution >= 0.6 is 54.8 Å². The average molecular weight is 721 g/mol. The second-order valence-corrected chi connectivity index (χ2v) is 12.2. The standard InChI is InChI=1S/C30H22Br2ClFN2O4S/c1-3-39-29(38)25-16(2)35-30-36(26(25)19-6-8-20(33)9-7-19)28(37)24(41-30)14-18-12-22(31)27(23(32)13-18)40-15-17-4-10-21(34)11-5-17/h4-14,26H,3,15H2,1-2H3/b24-14-/t26-/m1/s1. The second kappa shape index (κ2) is 12.4. The van der Waals surface area contributed by atoms with Crippen LogP contribution in [0.15, 0.2) is 90.7 Å². The summed E-state index contributed by atoms with van der Waals surface area (Å²) in [6.45, 7) is 3.92. The van der Waals surface area contributed by atoms with E-state index in [1.54, 1.807) is 56.3 Å². The molecule has 0 spiro atoms. The molecule has 5 rings (SSSR count). The van der Waals surface area contributed by atoms with Crippen molar-refractivity contribution in [3.8, 4) is 5.75 Å². The first-order chi connectivity index (χ1) is 19.7. The molecule has 0 radical (unpaired) electrons. The van der Waals surface area contributed by atoms with Gasteiger partial charge in [-0.25, -0.2) is 14.2 Å². The second-order valence-electron chi connectivity index (χ2n) is 9.08. The van der Waals surface area contributed by atoms with Crippen molar-refractivity contribution >= 4 is 66.8 Å². The van der Waals surface area contributed by atoms with Crippen molar-refractivity contribution in [3.63, 3.8) is 0 Å². The van der Waals surface area contributed by atoms with Gasteiger partial charge in [0.1, 0.15) is 18.2 Å². The minimum atomic E-state index is -0.717. The van der Waals surface area contributed by atoms with E-state index in [0.717, 1.165) is 11.1 Å². The fourth-order valence-electron chi connectivity index (χ4n) is 4.44. The predicted octanol–water partition coefficient (Wildman–Crippen LogP) is 6.69. The smallest absolute Gasteiger partial charge is 0.338 e. The molecule has 1 aromatic heterocycles. The number of hydrogen-bond acceptors (Lipinski definition) is 6. The number of allylic oxidation sites excluding steroid dienone is 1. The summed E-state index contributed by atoms with van der Waals surface area (Å²) >= 11 is 14.5. The summed E-state index contributed by atoms with van der Waals surface area (Å²) in [7, 11) is 0. The van der Waals surface area contributed by atoms with Crippen molar-refractivity contribution in [2.75, 3.05) is 6.61 Å². The number of carbonyl (C=O) groups is 1. The molecule has 0 saturated heterocycles. The molecule has 0 N–H and O–H groups in total. The van der Waals surface area contributed by atoms with Crippen molar-refractivity contribution in [2.45, 2.75) is 26.5 Å². The van der Waals surface area contributed by atoms with E-state index in [-0.39, 0.29) is 24.6 Å². The molecule has 0 saturated carbocycles. The summed E-state index contributed by atoms with van der Waals surface area (Å²) < 4.78 is 27.8. The van der Waals surface area contributed by atoms with E-state index in [2.05, 4.69) is 36.9 Å². The molecule has 0 bridgehead atoms. The van der Waals surface area contributed by atoms with Gasteiger partial charge in [-0.05, 0) is 105 Å². The molecule has 3 aromatic carbocycles. The Morgan fingerprint density at radius 1 is 1.12 bits per heavy atom. The number of nitrogens with zero attached hydrogens (tertiary/aromatic N) is 2. The van der Waals surface area contributed by atoms with Crippen LogP contribution in [0, 0.1) is 5.82 Å². The molecule has 0 amide bonds. The van der Waals surface area contributed by atoms with Gasteiger partial charge in [-0.15, -0.1) is 0 Å². The molecule has 1 atom stereocenters. The first-order valence-corrected chi connectivity index (χ1v) is 15.3. The lowest BCUT2D eigenvalue weighted by molar-refractivity contribution is -0.139. The van der Waals surface area contributed by atoms with Crippen LogP contribution in [0.1, 0.15) is 36.6 Å². The van der Waals surface area contributed by atoms with E-state index in [0.29, 0.717) is 45.9 Å². The molecule has 11 heteroatoms. The van der Waals surface area contributed by atoms with Crippen molar-refractivity contribution in [1.82, 2.24) is 4.57 Å². The SMILES string of the molecule is CCOC(=O)C1=C(C)N=c2s/c(=C\c3cc(Br)c(OCc4ccc(F)cc4)c(Br)c3)c(=O)n2[C@@H]1c1ccc(Cl)cc1. The Kier molecular flexibility index (Phi) is 8.94. The highest BCUT2D eigenvalue weighted by atomic mass is 79.9. The average Bonchev–Trinajstić information content (AvgIpc) is 3.23. The minimum Gasteiger partial charge on any atom is -0.487 e. The van der Waals surface area contributed by atoms with Crippen molar-refractivity contribution in [3.05, 3.63) is 128 Å². The quantitative estimate of drug-likeness (QED) is 0.200. The number of rotatable bonds is 7. The third-order valence-corrected chi connectivity index (χ3v) is 8.73. The summed E-state index contributed by atoms with van der Waals surface area (Å²) in [6.07, 6.45) is 1.77. The molecule has 4 aromatic rings. The number of benzene rings is 3. The minimum absolute atomic E-state index is 0.195. The molecule has 0 unspecified atom stereocenters. The van der Waals surface area contributed by atoms with Gasteiger partial charge in [0, 0.05) is 5.02 Å². The predicted molar refractivity (Wildman–Crippen MR) is 164 cm³/mol. The van der Waals surface area contributed by atoms with Crippen LogP contribution in [0.4, 0.5) is 4.39 Å². The maximum atomic E-state index is 13.8. The van der Waals surface area contributed by atoms with Crippen molar-refractivity contribution in [2.24, 2.45) is 4.99 Å². The number of aromatic nitrogens is 1. The van der Waals surface area contributed by atoms with Crippen LogP contribution in [-0.2, 0) is 16.1 Å². The molecule has 1 aliphatic rings. The normalized spacial score (nSPS) is 15.0. The highest BCUT2D eigenvalue weighted by Gasteiger charge is 2.33. The van der Waals surface area contributed by atoms with Gasteiger partial charge in [0.05, 0.1) is 37.4 Å². The van der Waals surface area contributed by atoms with E-state index in [1.807, 2.05) is 12.1 Å². The van der Waals surface area contributed by atoms with Gasteiger partial charge in [-0.2, -0.15) is 0 Å². The van der Waals surface area contributed by atoms with E-state index < -0.39 is 12.0 Å². The maximum absolute atomic E-state index is 13.8. The monoisotopic (exact) mass is 718 g/mol. The van der Waals surface area contributed by atoms with Crippen LogP contribution in [0.5, 0.6) is 5.75 Å². The molecule has 6 nitrogen and oxygen atoms in total. The molecule has 2 heterocycles. The first kappa shape index (κ1) is 29.4. The zero-order valence-corrected chi connectivity index (χ0v) is 26.5. The molecule has 1 aliphatic heterocycles. The molecule has 0 fully saturated rings. The Bertz CT molecular complexity index is 1830. The van der Waals surface area contributed by atoms with Gasteiger partial charge in [0.15, 0.2) is 4.80 Å². The lowest BCUT2D eigenvalue weighted by Gasteiger charge is -2.24. The van der Waals surface area contributed by atoms with Crippen molar-refractivity contribution in [1.29, 1.82) is 0 Å². The summed E-state index contributed by atoms with van der Waals surface area (Å²) in [5.41, 5.74) is 2.79. The molecule has 41 heavy (non-hydrogen) atoms. The van der Waals surface area contributed by atoms with E-state index >= 15 is 0 Å². The molecule has 210 valence electrons. The summed E-state index contributed by atoms with van der Waals surface area (Å²) in [5.74, 6) is -0.255. The Labute approximate surface area is 260 Å². The van der Waals surface area contributed by atoms with Gasteiger partial charge >= 0.3 is 5.97 Å². The van der Waals surface area contributed by atoms with Gasteiger partial charge in [-0.1, -0.05) is 47.2 Å². The zero-order chi connectivity index (χ0) is 29.3. The number of thiazole rings is 1. The number of carbonyl (C=O) groups excluding carboxylic acids is 1. The van der Waals surface area contributed by atoms with E-state index in [1.165, 1.54) is 28.0 Å². The first-order valence-electron chi connectivity index (χ1n) is 12.5. The molecular formula is C30H22Br2ClFN2O4S. The Morgan fingerprint density at radius 2 is 1.78 bits per heavy atom. The van der Waals surface area contributed by atoms with Gasteiger partial charge in [0.25, 0.3) is 5.56 Å². The fraction of sp³-hybridized carbons (Fsp3) is 0.167. The van der Waals surface area contributed by atoms with Crippen LogP contribution in [0.25, 0.3) is 6.08 Å². The van der Waals surface area contributed by atoms with Gasteiger partial charge < -0.3 is 9.47 Å². The van der Waals surface area contributed by atoms with Crippen LogP contribution < -0.4 is 19.6 Å². The molecular weight excluding hydrogens is 699 g/mol. The van der Waals surface area contributed by atoms with Crippen LogP contribution in [0.2, 0.25) is 5.02 Å². The molecule has 0 aliphatic carbocycles. The lowest BCUT2D eigenvalue weighted by atomic mass is 9.96. The van der Waals surface area contributed by atoms with Crippen LogP contribution in [-0.4, -0.2) is 17.1 Å². The zero-order valence-electron chi connectivity index (χ0n) is 21.8. The van der Waals surface area contributed by atoms with Gasteiger partial charge in [-0.3, -0.25) is 9.36 Å². The lowest BCUT2D eigenvalue weighted by Crippen LogP contribution is -2.39. The van der Waals surface area contributed by atoms with Gasteiger partial charge in [0.2, 0.25) is 0 Å².